The van der Waals surface area contributed by atoms with Crippen LogP contribution in [0.4, 0.5) is 0 Å². The van der Waals surface area contributed by atoms with Crippen molar-refractivity contribution in [1.29, 1.82) is 0 Å². The summed E-state index contributed by atoms with van der Waals surface area (Å²) in [6, 6.07) is -0.0554. The van der Waals surface area contributed by atoms with Gasteiger partial charge in [0.05, 0.1) is 6.04 Å². The molecule has 88 valence electrons. The average Bonchev–Trinajstić information content (AvgIpc) is 2.17. The van der Waals surface area contributed by atoms with E-state index in [0.717, 1.165) is 19.5 Å². The number of rotatable bonds is 3. The largest absolute Gasteiger partial charge is 0.293 e. The first-order chi connectivity index (χ1) is 7.08. The van der Waals surface area contributed by atoms with Gasteiger partial charge in [-0.05, 0) is 24.7 Å². The molecule has 15 heavy (non-hydrogen) atoms. The summed E-state index contributed by atoms with van der Waals surface area (Å²) < 4.78 is 0. The molecule has 3 atom stereocenters. The van der Waals surface area contributed by atoms with Crippen molar-refractivity contribution >= 4 is 5.91 Å². The molecule has 1 aliphatic rings. The Kier molecular flexibility index (Phi) is 4.54. The number of hydrogen-bond donors (Lipinski definition) is 2. The molecule has 1 rings (SSSR count). The zero-order valence-corrected chi connectivity index (χ0v) is 9.99. The fraction of sp³-hybridized carbons (Fsp3) is 0.909. The first-order valence-electron chi connectivity index (χ1n) is 5.83. The van der Waals surface area contributed by atoms with Gasteiger partial charge in [-0.3, -0.25) is 15.1 Å². The molecule has 0 spiro atoms. The highest BCUT2D eigenvalue weighted by molar-refractivity contribution is 5.81. The molecule has 0 radical (unpaired) electrons. The van der Waals surface area contributed by atoms with Crippen LogP contribution in [-0.4, -0.2) is 29.9 Å². The van der Waals surface area contributed by atoms with Gasteiger partial charge in [0.15, 0.2) is 0 Å². The molecule has 1 saturated heterocycles. The van der Waals surface area contributed by atoms with Gasteiger partial charge in [-0.2, -0.15) is 0 Å². The van der Waals surface area contributed by atoms with Gasteiger partial charge in [-0.15, -0.1) is 0 Å². The second-order valence-corrected chi connectivity index (χ2v) is 4.83. The molecule has 4 nitrogen and oxygen atoms in total. The maximum absolute atomic E-state index is 11.6. The van der Waals surface area contributed by atoms with Crippen LogP contribution in [0, 0.1) is 11.8 Å². The number of carbonyl (C=O) groups is 1. The van der Waals surface area contributed by atoms with Gasteiger partial charge < -0.3 is 0 Å². The Bertz CT molecular complexity index is 210. The van der Waals surface area contributed by atoms with Crippen LogP contribution in [0.3, 0.4) is 0 Å². The number of piperidine rings is 1. The maximum Gasteiger partial charge on any atom is 0.251 e. The molecule has 0 aromatic carbocycles. The van der Waals surface area contributed by atoms with Gasteiger partial charge in [-0.25, -0.2) is 5.84 Å². The van der Waals surface area contributed by atoms with Crippen LogP contribution < -0.4 is 11.3 Å². The molecule has 1 aliphatic heterocycles. The van der Waals surface area contributed by atoms with Crippen LogP contribution in [0.1, 0.15) is 33.6 Å². The van der Waals surface area contributed by atoms with E-state index in [1.807, 2.05) is 6.92 Å². The van der Waals surface area contributed by atoms with Crippen LogP contribution in [0.5, 0.6) is 0 Å². The van der Waals surface area contributed by atoms with Gasteiger partial charge in [0.1, 0.15) is 0 Å². The van der Waals surface area contributed by atoms with Crippen LogP contribution in [0.25, 0.3) is 0 Å². The highest BCUT2D eigenvalue weighted by Gasteiger charge is 2.29. The number of hydrazine groups is 1. The van der Waals surface area contributed by atoms with E-state index in [1.54, 1.807) is 0 Å². The van der Waals surface area contributed by atoms with Gasteiger partial charge >= 0.3 is 0 Å². The summed E-state index contributed by atoms with van der Waals surface area (Å²) in [6.07, 6.45) is 2.08. The summed E-state index contributed by atoms with van der Waals surface area (Å²) in [7, 11) is 0. The Balaban J connectivity index is 2.63. The highest BCUT2D eigenvalue weighted by atomic mass is 16.2. The van der Waals surface area contributed by atoms with Crippen molar-refractivity contribution in [2.45, 2.75) is 39.7 Å². The number of nitrogens with two attached hydrogens (primary N) is 1. The summed E-state index contributed by atoms with van der Waals surface area (Å²) in [4.78, 5) is 13.8. The standard InChI is InChI=1S/C11H23N3O/c1-4-10(11(15)13-12)14-6-8(2)5-9(3)7-14/h8-10H,4-7,12H2,1-3H3,(H,13,15)/t8-,9-,10+/m1/s1. The van der Waals surface area contributed by atoms with Crippen molar-refractivity contribution in [1.82, 2.24) is 10.3 Å². The second kappa shape index (κ2) is 5.47. The number of amides is 1. The van der Waals surface area contributed by atoms with Gasteiger partial charge in [0.25, 0.3) is 5.91 Å². The van der Waals surface area contributed by atoms with E-state index in [0.29, 0.717) is 11.8 Å². The SMILES string of the molecule is CC[C@@H](C(=O)NN)N1C[C@H](C)C[C@@H](C)C1. The van der Waals surface area contributed by atoms with E-state index in [9.17, 15) is 4.79 Å². The van der Waals surface area contributed by atoms with Crippen molar-refractivity contribution < 1.29 is 4.79 Å². The van der Waals surface area contributed by atoms with Gasteiger partial charge in [0, 0.05) is 13.1 Å². The highest BCUT2D eigenvalue weighted by Crippen LogP contribution is 2.23. The van der Waals surface area contributed by atoms with Crippen LogP contribution in [0.15, 0.2) is 0 Å². The maximum atomic E-state index is 11.6. The average molecular weight is 213 g/mol. The Morgan fingerprint density at radius 1 is 1.47 bits per heavy atom. The second-order valence-electron chi connectivity index (χ2n) is 4.83. The number of likely N-dealkylation sites (tertiary alicyclic amines) is 1. The predicted molar refractivity (Wildman–Crippen MR) is 60.9 cm³/mol. The van der Waals surface area contributed by atoms with E-state index >= 15 is 0 Å². The van der Waals surface area contributed by atoms with Crippen molar-refractivity contribution in [2.24, 2.45) is 17.7 Å². The summed E-state index contributed by atoms with van der Waals surface area (Å²) in [5.74, 6) is 6.49. The predicted octanol–water partition coefficient (Wildman–Crippen LogP) is 0.733. The molecule has 0 aromatic rings. The van der Waals surface area contributed by atoms with Gasteiger partial charge in [0.2, 0.25) is 0 Å². The topological polar surface area (TPSA) is 58.4 Å². The van der Waals surface area contributed by atoms with E-state index in [-0.39, 0.29) is 11.9 Å². The molecule has 1 heterocycles. The Morgan fingerprint density at radius 3 is 2.40 bits per heavy atom. The fourth-order valence-corrected chi connectivity index (χ4v) is 2.67. The van der Waals surface area contributed by atoms with E-state index in [1.165, 1.54) is 6.42 Å². The van der Waals surface area contributed by atoms with Crippen molar-refractivity contribution in [3.63, 3.8) is 0 Å². The lowest BCUT2D eigenvalue weighted by Crippen LogP contribution is -2.53. The minimum atomic E-state index is -0.0567. The quantitative estimate of drug-likeness (QED) is 0.413. The Labute approximate surface area is 92.2 Å². The van der Waals surface area contributed by atoms with E-state index < -0.39 is 0 Å². The third-order valence-electron chi connectivity index (χ3n) is 3.17. The zero-order chi connectivity index (χ0) is 11.4. The zero-order valence-electron chi connectivity index (χ0n) is 9.99. The lowest BCUT2D eigenvalue weighted by atomic mass is 9.90. The fourth-order valence-electron chi connectivity index (χ4n) is 2.67. The van der Waals surface area contributed by atoms with Crippen molar-refractivity contribution in [3.8, 4) is 0 Å². The smallest absolute Gasteiger partial charge is 0.251 e. The molecule has 0 aliphatic carbocycles. The number of hydrogen-bond acceptors (Lipinski definition) is 3. The number of nitrogens with one attached hydrogen (secondary N) is 1. The Hall–Kier alpha value is -0.610. The van der Waals surface area contributed by atoms with Crippen molar-refractivity contribution in [3.05, 3.63) is 0 Å². The monoisotopic (exact) mass is 213 g/mol. The molecule has 4 heteroatoms. The van der Waals surface area contributed by atoms with Crippen LogP contribution >= 0.6 is 0 Å². The third-order valence-corrected chi connectivity index (χ3v) is 3.17. The molecule has 0 aromatic heterocycles. The molecule has 3 N–H and O–H groups in total. The first-order valence-corrected chi connectivity index (χ1v) is 5.83. The van der Waals surface area contributed by atoms with E-state index in [2.05, 4.69) is 24.2 Å². The summed E-state index contributed by atoms with van der Waals surface area (Å²) in [5.41, 5.74) is 2.26. The van der Waals surface area contributed by atoms with Crippen molar-refractivity contribution in [2.75, 3.05) is 13.1 Å². The lowest BCUT2D eigenvalue weighted by Gasteiger charge is -2.38. The normalized spacial score (nSPS) is 29.9. The Morgan fingerprint density at radius 2 is 2.00 bits per heavy atom. The van der Waals surface area contributed by atoms with Gasteiger partial charge in [-0.1, -0.05) is 20.8 Å². The number of nitrogens with zero attached hydrogens (tertiary/aromatic N) is 1. The molecular weight excluding hydrogens is 190 g/mol. The molecule has 0 unspecified atom stereocenters. The minimum Gasteiger partial charge on any atom is -0.293 e. The van der Waals surface area contributed by atoms with Crippen LogP contribution in [0.2, 0.25) is 0 Å². The summed E-state index contributed by atoms with van der Waals surface area (Å²) in [6.45, 7) is 8.54. The first kappa shape index (κ1) is 12.5. The van der Waals surface area contributed by atoms with E-state index in [4.69, 9.17) is 5.84 Å². The van der Waals surface area contributed by atoms with Crippen LogP contribution in [-0.2, 0) is 4.79 Å². The summed E-state index contributed by atoms with van der Waals surface area (Å²) >= 11 is 0. The third kappa shape index (κ3) is 3.18. The lowest BCUT2D eigenvalue weighted by molar-refractivity contribution is -0.127. The molecule has 0 saturated carbocycles. The number of carbonyl (C=O) groups excluding carboxylic acids is 1. The minimum absolute atomic E-state index is 0.0554. The molecular formula is C11H23N3O. The molecule has 1 amide bonds. The molecule has 0 bridgehead atoms. The summed E-state index contributed by atoms with van der Waals surface area (Å²) in [5, 5.41) is 0. The molecule has 1 fully saturated rings.